The third-order valence-electron chi connectivity index (χ3n) is 3.59. The molecular formula is C18H14Cl2FN3S. The van der Waals surface area contributed by atoms with Crippen LogP contribution >= 0.6 is 34.5 Å². The minimum Gasteiger partial charge on any atom is -0.261 e. The van der Waals surface area contributed by atoms with Gasteiger partial charge in [0.15, 0.2) is 0 Å². The average Bonchev–Trinajstić information content (AvgIpc) is 2.98. The van der Waals surface area contributed by atoms with Gasteiger partial charge in [-0.1, -0.05) is 29.3 Å². The molecule has 0 aliphatic heterocycles. The van der Waals surface area contributed by atoms with Crippen molar-refractivity contribution in [2.45, 2.75) is 6.92 Å². The van der Waals surface area contributed by atoms with Gasteiger partial charge in [0.05, 0.1) is 16.4 Å². The number of halogens is 3. The molecule has 0 fully saturated rings. The highest BCUT2D eigenvalue weighted by Gasteiger charge is 2.10. The molecule has 3 nitrogen and oxygen atoms in total. The Balaban J connectivity index is 2.13. The predicted octanol–water partition coefficient (Wildman–Crippen LogP) is 5.47. The molecule has 2 aromatic carbocycles. The van der Waals surface area contributed by atoms with Crippen LogP contribution in [0.25, 0.3) is 11.3 Å². The maximum absolute atomic E-state index is 13.2. The first-order valence-electron chi connectivity index (χ1n) is 7.40. The lowest BCUT2D eigenvalue weighted by molar-refractivity contribution is 0.628. The molecule has 0 aliphatic rings. The van der Waals surface area contributed by atoms with Crippen LogP contribution in [0, 0.1) is 5.82 Å². The second-order valence-corrected chi connectivity index (χ2v) is 6.94. The molecule has 3 rings (SSSR count). The van der Waals surface area contributed by atoms with Gasteiger partial charge in [-0.05, 0) is 43.3 Å². The second kappa shape index (κ2) is 7.52. The van der Waals surface area contributed by atoms with Crippen LogP contribution in [0.3, 0.4) is 0 Å². The van der Waals surface area contributed by atoms with E-state index in [1.54, 1.807) is 36.0 Å². The largest absolute Gasteiger partial charge is 0.261 e. The predicted molar refractivity (Wildman–Crippen MR) is 103 cm³/mol. The van der Waals surface area contributed by atoms with Crippen LogP contribution in [0.5, 0.6) is 0 Å². The van der Waals surface area contributed by atoms with E-state index < -0.39 is 0 Å². The summed E-state index contributed by atoms with van der Waals surface area (Å²) in [6.07, 6.45) is 0. The number of nitrogens with zero attached hydrogens (tertiary/aromatic N) is 3. The zero-order chi connectivity index (χ0) is 18.0. The Morgan fingerprint density at radius 3 is 2.48 bits per heavy atom. The van der Waals surface area contributed by atoms with Gasteiger partial charge in [0.25, 0.3) is 0 Å². The molecular weight excluding hydrogens is 380 g/mol. The van der Waals surface area contributed by atoms with Gasteiger partial charge in [0.2, 0.25) is 4.80 Å². The van der Waals surface area contributed by atoms with Gasteiger partial charge >= 0.3 is 0 Å². The van der Waals surface area contributed by atoms with Crippen LogP contribution in [-0.4, -0.2) is 17.4 Å². The molecule has 0 saturated heterocycles. The second-order valence-electron chi connectivity index (χ2n) is 5.26. The molecule has 0 radical (unpaired) electrons. The minimum atomic E-state index is -0.279. The van der Waals surface area contributed by atoms with Crippen molar-refractivity contribution < 1.29 is 4.39 Å². The van der Waals surface area contributed by atoms with Gasteiger partial charge in [-0.25, -0.2) is 9.07 Å². The van der Waals surface area contributed by atoms with E-state index in [-0.39, 0.29) is 5.82 Å². The van der Waals surface area contributed by atoms with E-state index in [2.05, 4.69) is 10.1 Å². The van der Waals surface area contributed by atoms with Crippen molar-refractivity contribution in [3.05, 3.63) is 74.1 Å². The van der Waals surface area contributed by atoms with Gasteiger partial charge in [-0.15, -0.1) is 11.3 Å². The van der Waals surface area contributed by atoms with E-state index in [0.29, 0.717) is 10.0 Å². The van der Waals surface area contributed by atoms with Crippen molar-refractivity contribution in [3.8, 4) is 11.3 Å². The monoisotopic (exact) mass is 393 g/mol. The number of thiazole rings is 1. The van der Waals surface area contributed by atoms with Gasteiger partial charge in [0.1, 0.15) is 5.82 Å². The zero-order valence-electron chi connectivity index (χ0n) is 13.5. The smallest absolute Gasteiger partial charge is 0.205 e. The maximum atomic E-state index is 13.2. The summed E-state index contributed by atoms with van der Waals surface area (Å²) in [5, 5.41) is 7.72. The Morgan fingerprint density at radius 2 is 1.84 bits per heavy atom. The molecule has 1 aromatic heterocycles. The lowest BCUT2D eigenvalue weighted by atomic mass is 10.1. The Morgan fingerprint density at radius 1 is 1.12 bits per heavy atom. The fraction of sp³-hybridized carbons (Fsp3) is 0.111. The Kier molecular flexibility index (Phi) is 5.37. The molecule has 0 bridgehead atoms. The molecule has 128 valence electrons. The average molecular weight is 394 g/mol. The van der Waals surface area contributed by atoms with Gasteiger partial charge in [-0.2, -0.15) is 5.10 Å². The van der Waals surface area contributed by atoms with Crippen LogP contribution in [-0.2, 0) is 0 Å². The summed E-state index contributed by atoms with van der Waals surface area (Å²) in [7, 11) is 1.71. The topological polar surface area (TPSA) is 29.6 Å². The Labute approximate surface area is 158 Å². The van der Waals surface area contributed by atoms with Gasteiger partial charge in [0, 0.05) is 28.6 Å². The number of aromatic nitrogens is 1. The van der Waals surface area contributed by atoms with Crippen molar-refractivity contribution in [2.75, 3.05) is 7.05 Å². The summed E-state index contributed by atoms with van der Waals surface area (Å²) in [6.45, 7) is 1.87. The first-order chi connectivity index (χ1) is 12.0. The van der Waals surface area contributed by atoms with Crippen molar-refractivity contribution in [1.82, 2.24) is 4.68 Å². The highest BCUT2D eigenvalue weighted by Crippen LogP contribution is 2.23. The zero-order valence-corrected chi connectivity index (χ0v) is 15.8. The number of hydrogen-bond acceptors (Lipinski definition) is 3. The highest BCUT2D eigenvalue weighted by molar-refractivity contribution is 7.07. The van der Waals surface area contributed by atoms with E-state index in [9.17, 15) is 4.39 Å². The van der Waals surface area contributed by atoms with Gasteiger partial charge in [-0.3, -0.25) is 4.99 Å². The Hall–Kier alpha value is -1.95. The van der Waals surface area contributed by atoms with E-state index in [1.807, 2.05) is 18.4 Å². The summed E-state index contributed by atoms with van der Waals surface area (Å²) >= 11 is 13.7. The van der Waals surface area contributed by atoms with Crippen molar-refractivity contribution in [2.24, 2.45) is 10.1 Å². The van der Waals surface area contributed by atoms with E-state index >= 15 is 0 Å². The summed E-state index contributed by atoms with van der Waals surface area (Å²) < 4.78 is 14.9. The molecule has 7 heteroatoms. The SMILES string of the molecule is CN=c1scc(-c2ccc(F)cc2)n1N=C(C)c1ccc(Cl)cc1Cl. The van der Waals surface area contributed by atoms with Crippen LogP contribution in [0.1, 0.15) is 12.5 Å². The van der Waals surface area contributed by atoms with Crippen molar-refractivity contribution >= 4 is 40.3 Å². The van der Waals surface area contributed by atoms with Crippen LogP contribution in [0.4, 0.5) is 4.39 Å². The van der Waals surface area contributed by atoms with E-state index in [0.717, 1.165) is 27.3 Å². The molecule has 0 aliphatic carbocycles. The van der Waals surface area contributed by atoms with Crippen molar-refractivity contribution in [1.29, 1.82) is 0 Å². The lowest BCUT2D eigenvalue weighted by Crippen LogP contribution is -2.14. The lowest BCUT2D eigenvalue weighted by Gasteiger charge is -2.08. The maximum Gasteiger partial charge on any atom is 0.205 e. The fourth-order valence-electron chi connectivity index (χ4n) is 2.35. The number of rotatable bonds is 3. The minimum absolute atomic E-state index is 0.279. The third kappa shape index (κ3) is 3.84. The first-order valence-corrected chi connectivity index (χ1v) is 9.03. The Bertz CT molecular complexity index is 1000. The highest BCUT2D eigenvalue weighted by atomic mass is 35.5. The molecule has 0 saturated carbocycles. The molecule has 3 aromatic rings. The molecule has 0 unspecified atom stereocenters. The van der Waals surface area contributed by atoms with E-state index in [4.69, 9.17) is 23.2 Å². The molecule has 1 heterocycles. The third-order valence-corrected chi connectivity index (χ3v) is 5.04. The van der Waals surface area contributed by atoms with E-state index in [1.165, 1.54) is 23.5 Å². The molecule has 25 heavy (non-hydrogen) atoms. The molecule has 0 amide bonds. The van der Waals surface area contributed by atoms with Crippen LogP contribution < -0.4 is 4.80 Å². The summed E-state index contributed by atoms with van der Waals surface area (Å²) in [4.78, 5) is 4.99. The van der Waals surface area contributed by atoms with Crippen LogP contribution in [0.15, 0.2) is 57.9 Å². The fourth-order valence-corrected chi connectivity index (χ4v) is 3.70. The van der Waals surface area contributed by atoms with Crippen molar-refractivity contribution in [3.63, 3.8) is 0 Å². The van der Waals surface area contributed by atoms with Gasteiger partial charge < -0.3 is 0 Å². The number of hydrogen-bond donors (Lipinski definition) is 0. The summed E-state index contributed by atoms with van der Waals surface area (Å²) in [5.74, 6) is -0.279. The normalized spacial score (nSPS) is 12.7. The molecule has 0 atom stereocenters. The first kappa shape index (κ1) is 17.9. The standard InChI is InChI=1S/C18H14Cl2FN3S/c1-11(15-8-5-13(19)9-16(15)20)23-24-17(10-25-18(24)22-2)12-3-6-14(21)7-4-12/h3-10H,1-2H3. The summed E-state index contributed by atoms with van der Waals surface area (Å²) in [6, 6.07) is 11.6. The molecule has 0 spiro atoms. The number of benzene rings is 2. The quantitative estimate of drug-likeness (QED) is 0.528. The molecule has 0 N–H and O–H groups in total. The summed E-state index contributed by atoms with van der Waals surface area (Å²) in [5.41, 5.74) is 3.19. The van der Waals surface area contributed by atoms with Crippen LogP contribution in [0.2, 0.25) is 10.0 Å².